The average Bonchev–Trinajstić information content (AvgIpc) is 3.05. The third-order valence-corrected chi connectivity index (χ3v) is 4.38. The molecule has 1 aliphatic carbocycles. The van der Waals surface area contributed by atoms with Crippen molar-refractivity contribution in [3.8, 4) is 11.8 Å². The van der Waals surface area contributed by atoms with E-state index in [9.17, 15) is 0 Å². The van der Waals surface area contributed by atoms with Crippen molar-refractivity contribution in [1.29, 1.82) is 0 Å². The summed E-state index contributed by atoms with van der Waals surface area (Å²) in [7, 11) is 0. The molecule has 3 rings (SSSR count). The first-order valence-electron chi connectivity index (χ1n) is 6.57. The van der Waals surface area contributed by atoms with Crippen molar-refractivity contribution in [2.24, 2.45) is 0 Å². The minimum Gasteiger partial charge on any atom is -0.384 e. The van der Waals surface area contributed by atoms with E-state index in [2.05, 4.69) is 26.8 Å². The summed E-state index contributed by atoms with van der Waals surface area (Å²) >= 11 is 1.72. The maximum atomic E-state index is 8.79. The molecule has 0 saturated heterocycles. The van der Waals surface area contributed by atoms with E-state index >= 15 is 0 Å². The molecule has 4 heteroatoms. The summed E-state index contributed by atoms with van der Waals surface area (Å²) in [6, 6.07) is 2.02. The molecule has 0 bridgehead atoms. The molecule has 3 nitrogen and oxygen atoms in total. The van der Waals surface area contributed by atoms with E-state index in [0.29, 0.717) is 0 Å². The first-order chi connectivity index (χ1) is 9.38. The van der Waals surface area contributed by atoms with Crippen molar-refractivity contribution in [2.75, 3.05) is 6.61 Å². The SMILES string of the molecule is OCC#Cc1ccsc1Cn1cnc2c1CCCC2. The Hall–Kier alpha value is -1.57. The van der Waals surface area contributed by atoms with E-state index in [-0.39, 0.29) is 6.61 Å². The first kappa shape index (κ1) is 12.5. The molecule has 2 heterocycles. The molecule has 0 spiro atoms. The molecular weight excluding hydrogens is 256 g/mol. The van der Waals surface area contributed by atoms with Gasteiger partial charge in [0.05, 0.1) is 18.6 Å². The molecule has 0 saturated carbocycles. The highest BCUT2D eigenvalue weighted by atomic mass is 32.1. The molecule has 1 aliphatic rings. The number of aliphatic hydroxyl groups excluding tert-OH is 1. The summed E-state index contributed by atoms with van der Waals surface area (Å²) in [5.74, 6) is 5.73. The number of fused-ring (bicyclic) bond motifs is 1. The number of aliphatic hydroxyl groups is 1. The van der Waals surface area contributed by atoms with Crippen LogP contribution in [0, 0.1) is 11.8 Å². The number of aromatic nitrogens is 2. The lowest BCUT2D eigenvalue weighted by Gasteiger charge is -2.13. The van der Waals surface area contributed by atoms with Gasteiger partial charge in [0.25, 0.3) is 0 Å². The molecule has 2 aromatic heterocycles. The van der Waals surface area contributed by atoms with Gasteiger partial charge in [0.15, 0.2) is 0 Å². The highest BCUT2D eigenvalue weighted by Crippen LogP contribution is 2.23. The summed E-state index contributed by atoms with van der Waals surface area (Å²) in [5, 5.41) is 10.8. The van der Waals surface area contributed by atoms with Crippen LogP contribution in [0.2, 0.25) is 0 Å². The molecule has 0 atom stereocenters. The van der Waals surface area contributed by atoms with Gasteiger partial charge in [-0.25, -0.2) is 4.98 Å². The van der Waals surface area contributed by atoms with E-state index in [0.717, 1.165) is 24.9 Å². The normalized spacial score (nSPS) is 13.7. The Balaban J connectivity index is 1.85. The topological polar surface area (TPSA) is 38.0 Å². The maximum absolute atomic E-state index is 8.79. The molecular formula is C15H16N2OS. The Kier molecular flexibility index (Phi) is 3.67. The van der Waals surface area contributed by atoms with Gasteiger partial charge in [0.2, 0.25) is 0 Å². The molecule has 0 aliphatic heterocycles. The number of hydrogen-bond donors (Lipinski definition) is 1. The highest BCUT2D eigenvalue weighted by molar-refractivity contribution is 7.10. The zero-order chi connectivity index (χ0) is 13.1. The van der Waals surface area contributed by atoms with E-state index in [4.69, 9.17) is 5.11 Å². The van der Waals surface area contributed by atoms with E-state index < -0.39 is 0 Å². The predicted molar refractivity (Wildman–Crippen MR) is 76.3 cm³/mol. The molecule has 0 unspecified atom stereocenters. The van der Waals surface area contributed by atoms with Gasteiger partial charge in [-0.2, -0.15) is 0 Å². The van der Waals surface area contributed by atoms with E-state index in [1.165, 1.54) is 29.1 Å². The quantitative estimate of drug-likeness (QED) is 0.851. The summed E-state index contributed by atoms with van der Waals surface area (Å²) in [6.45, 7) is 0.755. The van der Waals surface area contributed by atoms with E-state index in [1.54, 1.807) is 11.3 Å². The summed E-state index contributed by atoms with van der Waals surface area (Å²) < 4.78 is 2.25. The Morgan fingerprint density at radius 3 is 3.16 bits per heavy atom. The number of hydrogen-bond acceptors (Lipinski definition) is 3. The van der Waals surface area contributed by atoms with Crippen LogP contribution in [0.5, 0.6) is 0 Å². The fourth-order valence-corrected chi connectivity index (χ4v) is 3.36. The Bertz CT molecular complexity index is 630. The van der Waals surface area contributed by atoms with Crippen molar-refractivity contribution in [2.45, 2.75) is 32.2 Å². The van der Waals surface area contributed by atoms with Gasteiger partial charge in [-0.3, -0.25) is 0 Å². The van der Waals surface area contributed by atoms with Gasteiger partial charge in [-0.05, 0) is 37.1 Å². The van der Waals surface area contributed by atoms with Crippen molar-refractivity contribution in [3.05, 3.63) is 39.6 Å². The zero-order valence-corrected chi connectivity index (χ0v) is 11.5. The Morgan fingerprint density at radius 2 is 2.26 bits per heavy atom. The Labute approximate surface area is 116 Å². The summed E-state index contributed by atoms with van der Waals surface area (Å²) in [5.41, 5.74) is 3.68. The molecule has 1 N–H and O–H groups in total. The van der Waals surface area contributed by atoms with Gasteiger partial charge >= 0.3 is 0 Å². The second kappa shape index (κ2) is 5.60. The van der Waals surface area contributed by atoms with Gasteiger partial charge in [0.1, 0.15) is 6.61 Å². The molecule has 2 aromatic rings. The summed E-state index contributed by atoms with van der Waals surface area (Å²) in [4.78, 5) is 5.76. The van der Waals surface area contributed by atoms with Crippen molar-refractivity contribution < 1.29 is 5.11 Å². The fraction of sp³-hybridized carbons (Fsp3) is 0.400. The number of aryl methyl sites for hydroxylation is 1. The lowest BCUT2D eigenvalue weighted by Crippen LogP contribution is -2.08. The van der Waals surface area contributed by atoms with Crippen LogP contribution in [0.4, 0.5) is 0 Å². The average molecular weight is 272 g/mol. The number of thiophene rings is 1. The van der Waals surface area contributed by atoms with Crippen molar-refractivity contribution >= 4 is 11.3 Å². The lowest BCUT2D eigenvalue weighted by molar-refractivity contribution is 0.350. The van der Waals surface area contributed by atoms with Crippen LogP contribution < -0.4 is 0 Å². The second-order valence-electron chi connectivity index (χ2n) is 4.69. The van der Waals surface area contributed by atoms with Crippen LogP contribution >= 0.6 is 11.3 Å². The minimum absolute atomic E-state index is 0.0875. The zero-order valence-electron chi connectivity index (χ0n) is 10.7. The predicted octanol–water partition coefficient (Wildman–Crippen LogP) is 2.22. The largest absolute Gasteiger partial charge is 0.384 e. The Morgan fingerprint density at radius 1 is 1.37 bits per heavy atom. The van der Waals surface area contributed by atoms with Crippen LogP contribution in [0.3, 0.4) is 0 Å². The third kappa shape index (κ3) is 2.58. The lowest BCUT2D eigenvalue weighted by atomic mass is 10.0. The van der Waals surface area contributed by atoms with Crippen LogP contribution in [0.15, 0.2) is 17.8 Å². The van der Waals surface area contributed by atoms with Gasteiger partial charge in [-0.1, -0.05) is 11.8 Å². The van der Waals surface area contributed by atoms with E-state index in [1.807, 2.05) is 12.4 Å². The summed E-state index contributed by atoms with van der Waals surface area (Å²) in [6.07, 6.45) is 6.73. The number of rotatable bonds is 2. The molecule has 0 amide bonds. The van der Waals surface area contributed by atoms with Crippen LogP contribution in [-0.2, 0) is 19.4 Å². The smallest absolute Gasteiger partial charge is 0.104 e. The molecule has 0 fully saturated rings. The van der Waals surface area contributed by atoms with Gasteiger partial charge < -0.3 is 9.67 Å². The van der Waals surface area contributed by atoms with Crippen LogP contribution in [0.25, 0.3) is 0 Å². The number of nitrogens with zero attached hydrogens (tertiary/aromatic N) is 2. The maximum Gasteiger partial charge on any atom is 0.104 e. The standard InChI is InChI=1S/C15H16N2OS/c18-8-3-4-12-7-9-19-15(12)10-17-11-16-13-5-1-2-6-14(13)17/h7,9,11,18H,1-2,5-6,8,10H2. The van der Waals surface area contributed by atoms with Crippen LogP contribution in [0.1, 0.15) is 34.7 Å². The van der Waals surface area contributed by atoms with Gasteiger partial charge in [-0.15, -0.1) is 11.3 Å². The van der Waals surface area contributed by atoms with Gasteiger partial charge in [0, 0.05) is 16.1 Å². The molecule has 0 radical (unpaired) electrons. The van der Waals surface area contributed by atoms with Crippen molar-refractivity contribution in [1.82, 2.24) is 9.55 Å². The highest BCUT2D eigenvalue weighted by Gasteiger charge is 2.16. The third-order valence-electron chi connectivity index (χ3n) is 3.47. The monoisotopic (exact) mass is 272 g/mol. The molecule has 0 aromatic carbocycles. The first-order valence-corrected chi connectivity index (χ1v) is 7.45. The number of imidazole rings is 1. The minimum atomic E-state index is -0.0875. The molecule has 19 heavy (non-hydrogen) atoms. The fourth-order valence-electron chi connectivity index (χ4n) is 2.53. The second-order valence-corrected chi connectivity index (χ2v) is 5.69. The van der Waals surface area contributed by atoms with Crippen molar-refractivity contribution in [3.63, 3.8) is 0 Å². The molecule has 98 valence electrons. The van der Waals surface area contributed by atoms with Crippen LogP contribution in [-0.4, -0.2) is 21.3 Å².